The molecule has 1 N–H and O–H groups in total. The SMILES string of the molecule is CCC(C#N)(CCCN1CC(C)C(N(C)C)C1)NC(C)C. The van der Waals surface area contributed by atoms with Crippen molar-refractivity contribution in [1.82, 2.24) is 15.1 Å². The molecule has 0 aromatic heterocycles. The lowest BCUT2D eigenvalue weighted by atomic mass is 9.91. The van der Waals surface area contributed by atoms with Crippen molar-refractivity contribution < 1.29 is 0 Å². The molecule has 0 bridgehead atoms. The minimum atomic E-state index is -0.347. The number of hydrogen-bond donors (Lipinski definition) is 1. The Morgan fingerprint density at radius 2 is 2.05 bits per heavy atom. The lowest BCUT2D eigenvalue weighted by Gasteiger charge is -2.30. The van der Waals surface area contributed by atoms with Crippen molar-refractivity contribution in [2.45, 2.75) is 64.6 Å². The number of nitriles is 1. The van der Waals surface area contributed by atoms with Gasteiger partial charge in [-0.15, -0.1) is 0 Å². The topological polar surface area (TPSA) is 42.3 Å². The molecule has 0 radical (unpaired) electrons. The van der Waals surface area contributed by atoms with Crippen molar-refractivity contribution in [2.24, 2.45) is 5.92 Å². The van der Waals surface area contributed by atoms with E-state index >= 15 is 0 Å². The zero-order valence-electron chi connectivity index (χ0n) is 14.8. The average Bonchev–Trinajstić information content (AvgIpc) is 2.78. The Hall–Kier alpha value is -0.630. The lowest BCUT2D eigenvalue weighted by molar-refractivity contribution is 0.246. The number of likely N-dealkylation sites (tertiary alicyclic amines) is 1. The first-order valence-electron chi connectivity index (χ1n) is 8.41. The number of rotatable bonds is 8. The summed E-state index contributed by atoms with van der Waals surface area (Å²) in [5, 5.41) is 13.0. The predicted molar refractivity (Wildman–Crippen MR) is 89.2 cm³/mol. The number of nitrogens with one attached hydrogen (secondary N) is 1. The fourth-order valence-electron chi connectivity index (χ4n) is 3.58. The quantitative estimate of drug-likeness (QED) is 0.746. The third-order valence-electron chi connectivity index (χ3n) is 4.77. The van der Waals surface area contributed by atoms with Crippen LogP contribution in [0.15, 0.2) is 0 Å². The summed E-state index contributed by atoms with van der Waals surface area (Å²) >= 11 is 0. The van der Waals surface area contributed by atoms with Crippen LogP contribution in [-0.4, -0.2) is 61.2 Å². The van der Waals surface area contributed by atoms with Gasteiger partial charge in [0.2, 0.25) is 0 Å². The van der Waals surface area contributed by atoms with Crippen LogP contribution >= 0.6 is 0 Å². The predicted octanol–water partition coefficient (Wildman–Crippen LogP) is 2.32. The molecule has 1 aliphatic heterocycles. The van der Waals surface area contributed by atoms with E-state index in [2.05, 4.69) is 63.0 Å². The minimum Gasteiger partial charge on any atom is -0.305 e. The molecule has 1 fully saturated rings. The normalized spacial score (nSPS) is 26.2. The second-order valence-electron chi connectivity index (χ2n) is 7.22. The summed E-state index contributed by atoms with van der Waals surface area (Å²) in [5.41, 5.74) is -0.347. The van der Waals surface area contributed by atoms with Gasteiger partial charge in [0.1, 0.15) is 5.54 Å². The molecule has 1 rings (SSSR count). The fourth-order valence-corrected chi connectivity index (χ4v) is 3.58. The van der Waals surface area contributed by atoms with Crippen molar-refractivity contribution in [3.63, 3.8) is 0 Å². The van der Waals surface area contributed by atoms with Crippen LogP contribution in [0.3, 0.4) is 0 Å². The van der Waals surface area contributed by atoms with Crippen LogP contribution in [0.5, 0.6) is 0 Å². The summed E-state index contributed by atoms with van der Waals surface area (Å²) in [6.07, 6.45) is 2.90. The van der Waals surface area contributed by atoms with E-state index in [1.807, 2.05) is 0 Å². The molecule has 3 unspecified atom stereocenters. The van der Waals surface area contributed by atoms with E-state index in [1.165, 1.54) is 6.54 Å². The highest BCUT2D eigenvalue weighted by Gasteiger charge is 2.32. The average molecular weight is 294 g/mol. The maximum atomic E-state index is 9.54. The highest BCUT2D eigenvalue weighted by molar-refractivity contribution is 5.07. The van der Waals surface area contributed by atoms with Crippen LogP contribution in [0, 0.1) is 17.2 Å². The Labute approximate surface area is 131 Å². The zero-order chi connectivity index (χ0) is 16.0. The summed E-state index contributed by atoms with van der Waals surface area (Å²) in [7, 11) is 4.35. The van der Waals surface area contributed by atoms with E-state index in [4.69, 9.17) is 0 Å². The van der Waals surface area contributed by atoms with Gasteiger partial charge in [0.15, 0.2) is 0 Å². The monoisotopic (exact) mass is 294 g/mol. The summed E-state index contributed by atoms with van der Waals surface area (Å²) in [4.78, 5) is 4.90. The molecule has 21 heavy (non-hydrogen) atoms. The Morgan fingerprint density at radius 1 is 1.38 bits per heavy atom. The summed E-state index contributed by atoms with van der Waals surface area (Å²) < 4.78 is 0. The van der Waals surface area contributed by atoms with Crippen LogP contribution in [-0.2, 0) is 0 Å². The van der Waals surface area contributed by atoms with Gasteiger partial charge in [0.25, 0.3) is 0 Å². The maximum absolute atomic E-state index is 9.54. The van der Waals surface area contributed by atoms with Gasteiger partial charge in [-0.05, 0) is 59.7 Å². The Bertz CT molecular complexity index is 347. The van der Waals surface area contributed by atoms with Crippen LogP contribution in [0.1, 0.15) is 47.0 Å². The van der Waals surface area contributed by atoms with E-state index < -0.39 is 0 Å². The molecule has 0 amide bonds. The minimum absolute atomic E-state index is 0.347. The van der Waals surface area contributed by atoms with Gasteiger partial charge in [-0.1, -0.05) is 13.8 Å². The molecule has 122 valence electrons. The van der Waals surface area contributed by atoms with Gasteiger partial charge in [-0.25, -0.2) is 0 Å². The fraction of sp³-hybridized carbons (Fsp3) is 0.941. The highest BCUT2D eigenvalue weighted by Crippen LogP contribution is 2.22. The Kier molecular flexibility index (Phi) is 7.12. The number of nitrogens with zero attached hydrogens (tertiary/aromatic N) is 3. The molecule has 0 aromatic carbocycles. The molecular formula is C17H34N4. The summed E-state index contributed by atoms with van der Waals surface area (Å²) in [5.74, 6) is 0.737. The van der Waals surface area contributed by atoms with E-state index in [0.717, 1.165) is 38.3 Å². The van der Waals surface area contributed by atoms with E-state index in [0.29, 0.717) is 12.1 Å². The largest absolute Gasteiger partial charge is 0.305 e. The van der Waals surface area contributed by atoms with Gasteiger partial charge in [0, 0.05) is 25.2 Å². The maximum Gasteiger partial charge on any atom is 0.106 e. The number of hydrogen-bond acceptors (Lipinski definition) is 4. The standard InChI is InChI=1S/C17H34N4/c1-7-17(13-18,19-14(2)3)9-8-10-21-11-15(4)16(12-21)20(5)6/h14-16,19H,7-12H2,1-6H3. The van der Waals surface area contributed by atoms with Crippen LogP contribution in [0.2, 0.25) is 0 Å². The molecule has 1 aliphatic rings. The highest BCUT2D eigenvalue weighted by atomic mass is 15.2. The molecule has 4 heteroatoms. The molecule has 0 aromatic rings. The van der Waals surface area contributed by atoms with Crippen LogP contribution in [0.25, 0.3) is 0 Å². The molecule has 1 saturated heterocycles. The molecule has 4 nitrogen and oxygen atoms in total. The molecule has 1 heterocycles. The van der Waals surface area contributed by atoms with Gasteiger partial charge in [-0.2, -0.15) is 5.26 Å². The molecule has 0 aliphatic carbocycles. The molecular weight excluding hydrogens is 260 g/mol. The van der Waals surface area contributed by atoms with E-state index in [1.54, 1.807) is 0 Å². The van der Waals surface area contributed by atoms with Crippen molar-refractivity contribution in [2.75, 3.05) is 33.7 Å². The van der Waals surface area contributed by atoms with E-state index in [9.17, 15) is 5.26 Å². The number of likely N-dealkylation sites (N-methyl/N-ethyl adjacent to an activating group) is 1. The Balaban J connectivity index is 2.44. The molecule has 0 spiro atoms. The summed E-state index contributed by atoms with van der Waals surface area (Å²) in [6.45, 7) is 12.1. The van der Waals surface area contributed by atoms with Crippen LogP contribution < -0.4 is 5.32 Å². The van der Waals surface area contributed by atoms with Crippen molar-refractivity contribution in [3.05, 3.63) is 0 Å². The van der Waals surface area contributed by atoms with Crippen molar-refractivity contribution in [1.29, 1.82) is 5.26 Å². The third-order valence-corrected chi connectivity index (χ3v) is 4.77. The van der Waals surface area contributed by atoms with Crippen molar-refractivity contribution >= 4 is 0 Å². The third kappa shape index (κ3) is 5.25. The van der Waals surface area contributed by atoms with Crippen molar-refractivity contribution in [3.8, 4) is 6.07 Å². The second kappa shape index (κ2) is 8.12. The van der Waals surface area contributed by atoms with Gasteiger partial charge < -0.3 is 9.80 Å². The van der Waals surface area contributed by atoms with Crippen LogP contribution in [0.4, 0.5) is 0 Å². The first-order chi connectivity index (χ1) is 9.83. The zero-order valence-corrected chi connectivity index (χ0v) is 14.8. The van der Waals surface area contributed by atoms with Gasteiger partial charge >= 0.3 is 0 Å². The first kappa shape index (κ1) is 18.4. The second-order valence-corrected chi connectivity index (χ2v) is 7.22. The van der Waals surface area contributed by atoms with Gasteiger partial charge in [-0.3, -0.25) is 5.32 Å². The summed E-state index contributed by atoms with van der Waals surface area (Å²) in [6, 6.07) is 3.55. The smallest absolute Gasteiger partial charge is 0.106 e. The first-order valence-corrected chi connectivity index (χ1v) is 8.41. The Morgan fingerprint density at radius 3 is 2.48 bits per heavy atom. The molecule has 0 saturated carbocycles. The lowest BCUT2D eigenvalue weighted by Crippen LogP contribution is -2.47. The van der Waals surface area contributed by atoms with Gasteiger partial charge in [0.05, 0.1) is 6.07 Å². The van der Waals surface area contributed by atoms with E-state index in [-0.39, 0.29) is 5.54 Å². The molecule has 3 atom stereocenters.